The Morgan fingerprint density at radius 1 is 1.22 bits per heavy atom. The third-order valence-corrected chi connectivity index (χ3v) is 2.51. The molecular formula is C14H14N2O2. The Morgan fingerprint density at radius 3 is 2.61 bits per heavy atom. The van der Waals surface area contributed by atoms with Crippen molar-refractivity contribution >= 4 is 17.5 Å². The minimum Gasteiger partial charge on any atom is -0.465 e. The lowest BCUT2D eigenvalue weighted by Crippen LogP contribution is -2.03. The van der Waals surface area contributed by atoms with Crippen molar-refractivity contribution < 1.29 is 9.53 Å². The van der Waals surface area contributed by atoms with Gasteiger partial charge >= 0.3 is 5.97 Å². The summed E-state index contributed by atoms with van der Waals surface area (Å²) in [6.45, 7) is 2.03. The average molecular weight is 242 g/mol. The van der Waals surface area contributed by atoms with Gasteiger partial charge in [-0.1, -0.05) is 17.7 Å². The van der Waals surface area contributed by atoms with Crippen LogP contribution in [0.2, 0.25) is 0 Å². The molecule has 4 nitrogen and oxygen atoms in total. The van der Waals surface area contributed by atoms with Gasteiger partial charge in [-0.05, 0) is 31.2 Å². The number of methoxy groups -OCH3 is 1. The number of pyridine rings is 1. The number of benzene rings is 1. The topological polar surface area (TPSA) is 51.2 Å². The lowest BCUT2D eigenvalue weighted by atomic mass is 10.2. The summed E-state index contributed by atoms with van der Waals surface area (Å²) in [5.41, 5.74) is 2.59. The van der Waals surface area contributed by atoms with Crippen LogP contribution in [-0.4, -0.2) is 18.1 Å². The molecule has 0 spiro atoms. The second kappa shape index (κ2) is 5.31. The maximum Gasteiger partial charge on any atom is 0.338 e. The van der Waals surface area contributed by atoms with E-state index in [0.717, 1.165) is 5.69 Å². The van der Waals surface area contributed by atoms with E-state index in [9.17, 15) is 4.79 Å². The van der Waals surface area contributed by atoms with Gasteiger partial charge in [-0.3, -0.25) is 0 Å². The number of rotatable bonds is 3. The third kappa shape index (κ3) is 2.85. The lowest BCUT2D eigenvalue weighted by molar-refractivity contribution is 0.0600. The van der Waals surface area contributed by atoms with E-state index in [1.807, 2.05) is 31.2 Å². The monoisotopic (exact) mass is 242 g/mol. The number of nitrogens with zero attached hydrogens (tertiary/aromatic N) is 1. The van der Waals surface area contributed by atoms with Crippen molar-refractivity contribution in [3.8, 4) is 0 Å². The van der Waals surface area contributed by atoms with E-state index in [1.54, 1.807) is 18.3 Å². The SMILES string of the molecule is COC(=O)c1ccnc(Nc2ccc(C)cc2)c1. The van der Waals surface area contributed by atoms with Crippen LogP contribution in [0, 0.1) is 6.92 Å². The predicted octanol–water partition coefficient (Wildman–Crippen LogP) is 2.92. The second-order valence-corrected chi connectivity index (χ2v) is 3.91. The summed E-state index contributed by atoms with van der Waals surface area (Å²) in [6, 6.07) is 11.2. The van der Waals surface area contributed by atoms with Crippen LogP contribution in [0.1, 0.15) is 15.9 Å². The Kier molecular flexibility index (Phi) is 3.57. The molecule has 0 aliphatic rings. The normalized spacial score (nSPS) is 9.89. The number of aryl methyl sites for hydroxylation is 1. The number of carbonyl (C=O) groups excluding carboxylic acids is 1. The van der Waals surface area contributed by atoms with E-state index in [4.69, 9.17) is 0 Å². The van der Waals surface area contributed by atoms with E-state index in [-0.39, 0.29) is 5.97 Å². The molecule has 18 heavy (non-hydrogen) atoms. The molecule has 2 aromatic rings. The summed E-state index contributed by atoms with van der Waals surface area (Å²) in [7, 11) is 1.36. The van der Waals surface area contributed by atoms with Gasteiger partial charge in [-0.25, -0.2) is 9.78 Å². The van der Waals surface area contributed by atoms with Gasteiger partial charge in [0.05, 0.1) is 12.7 Å². The highest BCUT2D eigenvalue weighted by molar-refractivity contribution is 5.90. The minimum absolute atomic E-state index is 0.371. The van der Waals surface area contributed by atoms with E-state index < -0.39 is 0 Å². The highest BCUT2D eigenvalue weighted by atomic mass is 16.5. The van der Waals surface area contributed by atoms with Gasteiger partial charge in [0, 0.05) is 11.9 Å². The number of esters is 1. The fourth-order valence-corrected chi connectivity index (χ4v) is 1.53. The zero-order chi connectivity index (χ0) is 13.0. The Morgan fingerprint density at radius 2 is 1.94 bits per heavy atom. The molecule has 1 N–H and O–H groups in total. The van der Waals surface area contributed by atoms with Crippen molar-refractivity contribution in [2.24, 2.45) is 0 Å². The Bertz CT molecular complexity index is 550. The second-order valence-electron chi connectivity index (χ2n) is 3.91. The van der Waals surface area contributed by atoms with Crippen LogP contribution in [-0.2, 0) is 4.74 Å². The predicted molar refractivity (Wildman–Crippen MR) is 70.0 cm³/mol. The van der Waals surface area contributed by atoms with E-state index >= 15 is 0 Å². The molecule has 1 aromatic heterocycles. The van der Waals surface area contributed by atoms with Crippen molar-refractivity contribution in [2.45, 2.75) is 6.92 Å². The molecule has 2 rings (SSSR count). The molecule has 0 bridgehead atoms. The maximum atomic E-state index is 11.4. The highest BCUT2D eigenvalue weighted by Crippen LogP contribution is 2.16. The van der Waals surface area contributed by atoms with Gasteiger partial charge in [0.2, 0.25) is 0 Å². The van der Waals surface area contributed by atoms with Gasteiger partial charge in [0.25, 0.3) is 0 Å². The first kappa shape index (κ1) is 12.1. The van der Waals surface area contributed by atoms with Gasteiger partial charge in [0.15, 0.2) is 0 Å². The van der Waals surface area contributed by atoms with E-state index in [2.05, 4.69) is 15.0 Å². The number of aromatic nitrogens is 1. The molecule has 0 radical (unpaired) electrons. The molecule has 0 aliphatic heterocycles. The summed E-state index contributed by atoms with van der Waals surface area (Å²) in [5, 5.41) is 3.13. The quantitative estimate of drug-likeness (QED) is 0.841. The minimum atomic E-state index is -0.371. The van der Waals surface area contributed by atoms with E-state index in [0.29, 0.717) is 11.4 Å². The first-order valence-electron chi connectivity index (χ1n) is 5.57. The van der Waals surface area contributed by atoms with E-state index in [1.165, 1.54) is 12.7 Å². The number of anilines is 2. The van der Waals surface area contributed by atoms with Crippen molar-refractivity contribution in [3.05, 3.63) is 53.7 Å². The molecule has 4 heteroatoms. The Balaban J connectivity index is 2.19. The van der Waals surface area contributed by atoms with Crippen LogP contribution in [0.25, 0.3) is 0 Å². The number of hydrogen-bond acceptors (Lipinski definition) is 4. The molecule has 0 saturated carbocycles. The van der Waals surface area contributed by atoms with Crippen LogP contribution in [0.4, 0.5) is 11.5 Å². The Hall–Kier alpha value is -2.36. The summed E-state index contributed by atoms with van der Waals surface area (Å²) >= 11 is 0. The molecule has 92 valence electrons. The van der Waals surface area contributed by atoms with Gasteiger partial charge in [0.1, 0.15) is 5.82 Å². The molecule has 0 amide bonds. The van der Waals surface area contributed by atoms with Crippen molar-refractivity contribution in [2.75, 3.05) is 12.4 Å². The third-order valence-electron chi connectivity index (χ3n) is 2.51. The fourth-order valence-electron chi connectivity index (χ4n) is 1.53. The van der Waals surface area contributed by atoms with Crippen molar-refractivity contribution in [3.63, 3.8) is 0 Å². The largest absolute Gasteiger partial charge is 0.465 e. The zero-order valence-electron chi connectivity index (χ0n) is 10.3. The van der Waals surface area contributed by atoms with Gasteiger partial charge in [-0.15, -0.1) is 0 Å². The average Bonchev–Trinajstić information content (AvgIpc) is 2.41. The summed E-state index contributed by atoms with van der Waals surface area (Å²) in [6.07, 6.45) is 1.57. The standard InChI is InChI=1S/C14H14N2O2/c1-10-3-5-12(6-4-10)16-13-9-11(7-8-15-13)14(17)18-2/h3-9H,1-2H3,(H,15,16). The van der Waals surface area contributed by atoms with Crippen molar-refractivity contribution in [1.29, 1.82) is 0 Å². The molecular weight excluding hydrogens is 228 g/mol. The summed E-state index contributed by atoms with van der Waals surface area (Å²) in [5.74, 6) is 0.242. The first-order chi connectivity index (χ1) is 8.69. The number of nitrogens with one attached hydrogen (secondary N) is 1. The first-order valence-corrected chi connectivity index (χ1v) is 5.57. The van der Waals surface area contributed by atoms with Crippen LogP contribution >= 0.6 is 0 Å². The molecule has 0 saturated heterocycles. The van der Waals surface area contributed by atoms with Crippen LogP contribution in [0.3, 0.4) is 0 Å². The van der Waals surface area contributed by atoms with Gasteiger partial charge in [-0.2, -0.15) is 0 Å². The summed E-state index contributed by atoms with van der Waals surface area (Å²) < 4.78 is 4.66. The van der Waals surface area contributed by atoms with Crippen molar-refractivity contribution in [1.82, 2.24) is 4.98 Å². The number of hydrogen-bond donors (Lipinski definition) is 1. The van der Waals surface area contributed by atoms with Crippen LogP contribution < -0.4 is 5.32 Å². The highest BCUT2D eigenvalue weighted by Gasteiger charge is 2.06. The molecule has 0 atom stereocenters. The molecule has 1 heterocycles. The number of carbonyl (C=O) groups is 1. The smallest absolute Gasteiger partial charge is 0.338 e. The zero-order valence-corrected chi connectivity index (χ0v) is 10.3. The summed E-state index contributed by atoms with van der Waals surface area (Å²) in [4.78, 5) is 15.5. The maximum absolute atomic E-state index is 11.4. The molecule has 0 aliphatic carbocycles. The molecule has 0 fully saturated rings. The molecule has 0 unspecified atom stereocenters. The fraction of sp³-hybridized carbons (Fsp3) is 0.143. The van der Waals surface area contributed by atoms with Crippen LogP contribution in [0.15, 0.2) is 42.6 Å². The Labute approximate surface area is 106 Å². The van der Waals surface area contributed by atoms with Gasteiger partial charge < -0.3 is 10.1 Å². The van der Waals surface area contributed by atoms with Crippen LogP contribution in [0.5, 0.6) is 0 Å². The lowest BCUT2D eigenvalue weighted by Gasteiger charge is -2.07. The molecule has 1 aromatic carbocycles. The number of ether oxygens (including phenoxy) is 1.